The molecule has 0 aromatic heterocycles. The standard InChI is InChI=1S/C31H64N2.CH4/c1-3-5-7-9-11-13-15-17-19-22-26-32(30-31-33-28-24-21-25-29-33)27-23-20-18-16-14-12-10-8-6-4-2;/h3-31H2,1-2H3;1H4. The summed E-state index contributed by atoms with van der Waals surface area (Å²) in [6.07, 6.45) is 33.3. The Morgan fingerprint density at radius 3 is 1.18 bits per heavy atom. The molecule has 0 radical (unpaired) electrons. The van der Waals surface area contributed by atoms with Crippen LogP contribution in [0.25, 0.3) is 0 Å². The second kappa shape index (κ2) is 27.5. The fraction of sp³-hybridized carbons (Fsp3) is 1.00. The SMILES string of the molecule is C.CCCCCCCCCCCCN(CCCCCCCCCCCC)CCN1CCCCC1. The van der Waals surface area contributed by atoms with Crippen molar-refractivity contribution in [2.75, 3.05) is 39.3 Å². The zero-order valence-electron chi connectivity index (χ0n) is 23.4. The molecule has 0 spiro atoms. The summed E-state index contributed by atoms with van der Waals surface area (Å²) in [5, 5.41) is 0. The van der Waals surface area contributed by atoms with Gasteiger partial charge in [0.05, 0.1) is 0 Å². The van der Waals surface area contributed by atoms with Crippen molar-refractivity contribution in [2.45, 2.75) is 169 Å². The highest BCUT2D eigenvalue weighted by Crippen LogP contribution is 2.14. The quantitative estimate of drug-likeness (QED) is 0.120. The van der Waals surface area contributed by atoms with Crippen molar-refractivity contribution in [1.29, 1.82) is 0 Å². The smallest absolute Gasteiger partial charge is 0.0109 e. The van der Waals surface area contributed by atoms with E-state index in [1.165, 1.54) is 187 Å². The number of hydrogen-bond donors (Lipinski definition) is 0. The summed E-state index contributed by atoms with van der Waals surface area (Å²) in [5.74, 6) is 0. The molecule has 206 valence electrons. The molecule has 1 saturated heterocycles. The molecule has 1 heterocycles. The Bertz CT molecular complexity index is 340. The number of unbranched alkanes of at least 4 members (excludes halogenated alkanes) is 18. The highest BCUT2D eigenvalue weighted by atomic mass is 15.2. The van der Waals surface area contributed by atoms with Crippen molar-refractivity contribution in [1.82, 2.24) is 9.80 Å². The van der Waals surface area contributed by atoms with Crippen LogP contribution in [0.3, 0.4) is 0 Å². The van der Waals surface area contributed by atoms with Crippen LogP contribution >= 0.6 is 0 Å². The lowest BCUT2D eigenvalue weighted by atomic mass is 10.1. The second-order valence-corrected chi connectivity index (χ2v) is 11.1. The molecule has 0 amide bonds. The van der Waals surface area contributed by atoms with Crippen molar-refractivity contribution in [2.24, 2.45) is 0 Å². The minimum absolute atomic E-state index is 0. The first-order valence-corrected chi connectivity index (χ1v) is 15.8. The van der Waals surface area contributed by atoms with E-state index in [-0.39, 0.29) is 7.43 Å². The Morgan fingerprint density at radius 2 is 0.794 bits per heavy atom. The molecular formula is C32H68N2. The van der Waals surface area contributed by atoms with Gasteiger partial charge in [0.15, 0.2) is 0 Å². The molecule has 0 bridgehead atoms. The zero-order chi connectivity index (χ0) is 23.7. The Kier molecular flexibility index (Phi) is 27.4. The van der Waals surface area contributed by atoms with E-state index >= 15 is 0 Å². The molecule has 1 rings (SSSR count). The summed E-state index contributed by atoms with van der Waals surface area (Å²) in [6.45, 7) is 12.7. The normalized spacial score (nSPS) is 14.6. The van der Waals surface area contributed by atoms with E-state index in [4.69, 9.17) is 0 Å². The Morgan fingerprint density at radius 1 is 0.441 bits per heavy atom. The molecule has 1 fully saturated rings. The van der Waals surface area contributed by atoms with E-state index < -0.39 is 0 Å². The first-order valence-electron chi connectivity index (χ1n) is 15.8. The summed E-state index contributed by atoms with van der Waals surface area (Å²) < 4.78 is 0. The van der Waals surface area contributed by atoms with Crippen LogP contribution in [0.5, 0.6) is 0 Å². The van der Waals surface area contributed by atoms with Gasteiger partial charge in [-0.25, -0.2) is 0 Å². The molecule has 0 aromatic rings. The number of hydrogen-bond acceptors (Lipinski definition) is 2. The molecule has 1 aliphatic heterocycles. The molecular weight excluding hydrogens is 412 g/mol. The van der Waals surface area contributed by atoms with Gasteiger partial charge in [-0.1, -0.05) is 143 Å². The van der Waals surface area contributed by atoms with Gasteiger partial charge in [0.1, 0.15) is 0 Å². The molecule has 34 heavy (non-hydrogen) atoms. The lowest BCUT2D eigenvalue weighted by molar-refractivity contribution is 0.178. The van der Waals surface area contributed by atoms with Crippen molar-refractivity contribution in [3.63, 3.8) is 0 Å². The van der Waals surface area contributed by atoms with Crippen molar-refractivity contribution in [3.8, 4) is 0 Å². The predicted octanol–water partition coefficient (Wildman–Crippen LogP) is 10.3. The maximum absolute atomic E-state index is 2.82. The van der Waals surface area contributed by atoms with Gasteiger partial charge in [-0.05, 0) is 51.9 Å². The molecule has 0 atom stereocenters. The van der Waals surface area contributed by atoms with Crippen LogP contribution in [0.4, 0.5) is 0 Å². The molecule has 0 aromatic carbocycles. The van der Waals surface area contributed by atoms with Crippen LogP contribution in [-0.4, -0.2) is 49.1 Å². The Hall–Kier alpha value is -0.0800. The number of nitrogens with zero attached hydrogens (tertiary/aromatic N) is 2. The van der Waals surface area contributed by atoms with Gasteiger partial charge in [-0.15, -0.1) is 0 Å². The van der Waals surface area contributed by atoms with Crippen molar-refractivity contribution < 1.29 is 0 Å². The third-order valence-corrected chi connectivity index (χ3v) is 7.84. The second-order valence-electron chi connectivity index (χ2n) is 11.1. The van der Waals surface area contributed by atoms with Crippen LogP contribution < -0.4 is 0 Å². The summed E-state index contributed by atoms with van der Waals surface area (Å²) in [7, 11) is 0. The lowest BCUT2D eigenvalue weighted by Gasteiger charge is -2.30. The van der Waals surface area contributed by atoms with E-state index in [9.17, 15) is 0 Å². The highest BCUT2D eigenvalue weighted by molar-refractivity contribution is 4.68. The van der Waals surface area contributed by atoms with Crippen LogP contribution in [0.2, 0.25) is 0 Å². The maximum atomic E-state index is 2.82. The maximum Gasteiger partial charge on any atom is 0.0109 e. The Balaban J connectivity index is 0.0000109. The molecule has 0 unspecified atom stereocenters. The summed E-state index contributed by atoms with van der Waals surface area (Å²) in [5.41, 5.74) is 0. The fourth-order valence-electron chi connectivity index (χ4n) is 5.45. The van der Waals surface area contributed by atoms with Gasteiger partial charge in [0.25, 0.3) is 0 Å². The monoisotopic (exact) mass is 481 g/mol. The minimum atomic E-state index is 0. The molecule has 0 N–H and O–H groups in total. The van der Waals surface area contributed by atoms with Gasteiger partial charge >= 0.3 is 0 Å². The third-order valence-electron chi connectivity index (χ3n) is 7.84. The summed E-state index contributed by atoms with van der Waals surface area (Å²) in [4.78, 5) is 5.55. The van der Waals surface area contributed by atoms with E-state index in [0.717, 1.165) is 0 Å². The minimum Gasteiger partial charge on any atom is -0.302 e. The van der Waals surface area contributed by atoms with Gasteiger partial charge in [0.2, 0.25) is 0 Å². The molecule has 2 heteroatoms. The van der Waals surface area contributed by atoms with E-state index in [1.54, 1.807) is 0 Å². The van der Waals surface area contributed by atoms with Gasteiger partial charge in [-0.3, -0.25) is 0 Å². The van der Waals surface area contributed by atoms with Crippen LogP contribution in [-0.2, 0) is 0 Å². The van der Waals surface area contributed by atoms with Gasteiger partial charge in [-0.2, -0.15) is 0 Å². The average molecular weight is 481 g/mol. The molecule has 0 saturated carbocycles. The van der Waals surface area contributed by atoms with Gasteiger partial charge < -0.3 is 9.80 Å². The van der Waals surface area contributed by atoms with Gasteiger partial charge in [0, 0.05) is 13.1 Å². The summed E-state index contributed by atoms with van der Waals surface area (Å²) in [6, 6.07) is 0. The van der Waals surface area contributed by atoms with Crippen LogP contribution in [0.1, 0.15) is 169 Å². The Labute approximate surface area is 218 Å². The predicted molar refractivity (Wildman–Crippen MR) is 157 cm³/mol. The molecule has 0 aliphatic carbocycles. The van der Waals surface area contributed by atoms with Crippen molar-refractivity contribution >= 4 is 0 Å². The zero-order valence-corrected chi connectivity index (χ0v) is 23.4. The molecule has 2 nitrogen and oxygen atoms in total. The number of piperidine rings is 1. The van der Waals surface area contributed by atoms with E-state index in [0.29, 0.717) is 0 Å². The van der Waals surface area contributed by atoms with Crippen molar-refractivity contribution in [3.05, 3.63) is 0 Å². The lowest BCUT2D eigenvalue weighted by Crippen LogP contribution is -2.38. The average Bonchev–Trinajstić information content (AvgIpc) is 2.85. The van der Waals surface area contributed by atoms with E-state index in [1.807, 2.05) is 0 Å². The highest BCUT2D eigenvalue weighted by Gasteiger charge is 2.12. The van der Waals surface area contributed by atoms with Crippen LogP contribution in [0, 0.1) is 0 Å². The van der Waals surface area contributed by atoms with Crippen LogP contribution in [0.15, 0.2) is 0 Å². The fourth-order valence-corrected chi connectivity index (χ4v) is 5.45. The molecule has 1 aliphatic rings. The summed E-state index contributed by atoms with van der Waals surface area (Å²) >= 11 is 0. The third kappa shape index (κ3) is 22.4. The number of likely N-dealkylation sites (tertiary alicyclic amines) is 1. The topological polar surface area (TPSA) is 6.48 Å². The first kappa shape index (κ1) is 33.9. The number of rotatable bonds is 25. The first-order chi connectivity index (χ1) is 16.4. The largest absolute Gasteiger partial charge is 0.302 e. The van der Waals surface area contributed by atoms with E-state index in [2.05, 4.69) is 23.6 Å².